The lowest BCUT2D eigenvalue weighted by Gasteiger charge is -2.07. The molecule has 1 rings (SSSR count). The van der Waals surface area contributed by atoms with Gasteiger partial charge in [-0.05, 0) is 18.2 Å². The van der Waals surface area contributed by atoms with Gasteiger partial charge in [0.2, 0.25) is 0 Å². The Balaban J connectivity index is 0.00000121. The molecule has 12 heavy (non-hydrogen) atoms. The monoisotopic (exact) mass is 187 g/mol. The molecule has 0 aliphatic heterocycles. The fraction of sp³-hybridized carbons (Fsp3) is 0.143. The lowest BCUT2D eigenvalue weighted by Crippen LogP contribution is -2.16. The molecule has 0 unspecified atom stereocenters. The number of rotatable bonds is 1. The van der Waals surface area contributed by atoms with Crippen molar-refractivity contribution in [3.63, 3.8) is 0 Å². The van der Waals surface area contributed by atoms with Crippen molar-refractivity contribution in [1.29, 1.82) is 0 Å². The third-order valence-corrected chi connectivity index (χ3v) is 0.912. The molecule has 63 valence electrons. The minimum atomic E-state index is -4.62. The minimum Gasteiger partial charge on any atom is -0.406 e. The maximum absolute atomic E-state index is 11.5. The van der Waals surface area contributed by atoms with E-state index in [4.69, 9.17) is 0 Å². The lowest BCUT2D eigenvalue weighted by molar-refractivity contribution is -0.274. The molecular formula is C7H6F3MgO. The van der Waals surface area contributed by atoms with Crippen LogP contribution in [0.4, 0.5) is 13.2 Å². The highest BCUT2D eigenvalue weighted by Gasteiger charge is 2.30. The zero-order valence-corrected chi connectivity index (χ0v) is 5.35. The zero-order valence-electron chi connectivity index (χ0n) is 5.35. The molecule has 0 N–H and O–H groups in total. The molecule has 0 saturated heterocycles. The SMILES string of the molecule is FC(F)(F)Oc1c[c]ccc1.[MgH2]. The van der Waals surface area contributed by atoms with Crippen molar-refractivity contribution in [1.82, 2.24) is 0 Å². The van der Waals surface area contributed by atoms with Crippen molar-refractivity contribution in [2.45, 2.75) is 6.36 Å². The summed E-state index contributed by atoms with van der Waals surface area (Å²) in [5, 5.41) is 0. The summed E-state index contributed by atoms with van der Waals surface area (Å²) in [6.07, 6.45) is -4.62. The number of alkyl halides is 3. The van der Waals surface area contributed by atoms with Crippen LogP contribution in [-0.2, 0) is 0 Å². The molecule has 5 heteroatoms. The topological polar surface area (TPSA) is 9.23 Å². The van der Waals surface area contributed by atoms with Crippen LogP contribution < -0.4 is 4.74 Å². The van der Waals surface area contributed by atoms with Gasteiger partial charge in [-0.2, -0.15) is 0 Å². The highest BCUT2D eigenvalue weighted by molar-refractivity contribution is 5.75. The molecule has 0 fully saturated rings. The molecule has 1 radical (unpaired) electrons. The Morgan fingerprint density at radius 3 is 2.42 bits per heavy atom. The normalized spacial score (nSPS) is 10.2. The summed E-state index contributed by atoms with van der Waals surface area (Å²) in [7, 11) is 0. The molecule has 1 aromatic carbocycles. The van der Waals surface area contributed by atoms with Crippen LogP contribution in [0, 0.1) is 6.07 Å². The van der Waals surface area contributed by atoms with E-state index in [0.29, 0.717) is 0 Å². The summed E-state index contributed by atoms with van der Waals surface area (Å²) in [6.45, 7) is 0. The van der Waals surface area contributed by atoms with Gasteiger partial charge in [0.05, 0.1) is 0 Å². The van der Waals surface area contributed by atoms with E-state index in [-0.39, 0.29) is 28.8 Å². The number of halogens is 3. The van der Waals surface area contributed by atoms with E-state index in [1.165, 1.54) is 18.2 Å². The Kier molecular flexibility index (Phi) is 4.40. The fourth-order valence-corrected chi connectivity index (χ4v) is 0.574. The van der Waals surface area contributed by atoms with E-state index in [9.17, 15) is 13.2 Å². The number of benzene rings is 1. The number of hydrogen-bond donors (Lipinski definition) is 0. The second-order valence-corrected chi connectivity index (χ2v) is 1.79. The molecule has 1 nitrogen and oxygen atoms in total. The standard InChI is InChI=1S/C7H4F3O.Mg.2H/c8-7(9,10)11-6-4-2-1-3-5-6;;;/h1-2,4-5H;;;. The lowest BCUT2D eigenvalue weighted by atomic mass is 10.3. The maximum atomic E-state index is 11.5. The number of hydrogen-bond acceptors (Lipinski definition) is 1. The van der Waals surface area contributed by atoms with Crippen LogP contribution in [0.1, 0.15) is 0 Å². The minimum absolute atomic E-state index is 0. The van der Waals surface area contributed by atoms with E-state index < -0.39 is 6.36 Å². The molecule has 0 amide bonds. The summed E-state index contributed by atoms with van der Waals surface area (Å²) in [6, 6.07) is 7.70. The Morgan fingerprint density at radius 2 is 2.00 bits per heavy atom. The first-order valence-electron chi connectivity index (χ1n) is 2.80. The molecule has 1 aromatic rings. The molecule has 0 bridgehead atoms. The molecular weight excluding hydrogens is 181 g/mol. The third kappa shape index (κ3) is 4.45. The molecule has 0 saturated carbocycles. The summed E-state index contributed by atoms with van der Waals surface area (Å²) in [5.74, 6) is -0.250. The maximum Gasteiger partial charge on any atom is 0.573 e. The Labute approximate surface area is 83.7 Å². The van der Waals surface area contributed by atoms with Crippen LogP contribution in [0.5, 0.6) is 5.75 Å². The molecule has 0 heterocycles. The molecule has 0 spiro atoms. The molecule has 0 aliphatic rings. The largest absolute Gasteiger partial charge is 0.573 e. The van der Waals surface area contributed by atoms with Crippen LogP contribution in [0.25, 0.3) is 0 Å². The predicted octanol–water partition coefficient (Wildman–Crippen LogP) is 1.47. The van der Waals surface area contributed by atoms with E-state index in [1.54, 1.807) is 0 Å². The average Bonchev–Trinajstić information content (AvgIpc) is 1.85. The smallest absolute Gasteiger partial charge is 0.406 e. The quantitative estimate of drug-likeness (QED) is 0.605. The van der Waals surface area contributed by atoms with E-state index in [1.807, 2.05) is 0 Å². The van der Waals surface area contributed by atoms with Crippen molar-refractivity contribution in [3.8, 4) is 5.75 Å². The van der Waals surface area contributed by atoms with Crippen molar-refractivity contribution in [3.05, 3.63) is 30.3 Å². The number of ether oxygens (including phenoxy) is 1. The van der Waals surface area contributed by atoms with Crippen molar-refractivity contribution in [2.24, 2.45) is 0 Å². The van der Waals surface area contributed by atoms with Crippen LogP contribution in [-0.4, -0.2) is 29.4 Å². The predicted molar refractivity (Wildman–Crippen MR) is 40.5 cm³/mol. The first kappa shape index (κ1) is 11.6. The van der Waals surface area contributed by atoms with Crippen molar-refractivity contribution < 1.29 is 17.9 Å². The van der Waals surface area contributed by atoms with Gasteiger partial charge in [-0.1, -0.05) is 12.1 Å². The van der Waals surface area contributed by atoms with E-state index in [2.05, 4.69) is 10.8 Å². The highest BCUT2D eigenvalue weighted by atomic mass is 24.3. The van der Waals surface area contributed by atoms with Gasteiger partial charge in [0, 0.05) is 0 Å². The Bertz CT molecular complexity index is 222. The third-order valence-electron chi connectivity index (χ3n) is 0.912. The summed E-state index contributed by atoms with van der Waals surface area (Å²) in [5.41, 5.74) is 0. The van der Waals surface area contributed by atoms with E-state index in [0.717, 1.165) is 6.07 Å². The van der Waals surface area contributed by atoms with Gasteiger partial charge in [0.15, 0.2) is 0 Å². The summed E-state index contributed by atoms with van der Waals surface area (Å²) < 4.78 is 38.1. The Hall–Kier alpha value is -0.424. The van der Waals surface area contributed by atoms with Crippen LogP contribution in [0.2, 0.25) is 0 Å². The van der Waals surface area contributed by atoms with E-state index >= 15 is 0 Å². The van der Waals surface area contributed by atoms with Crippen molar-refractivity contribution >= 4 is 23.1 Å². The van der Waals surface area contributed by atoms with Gasteiger partial charge in [0.25, 0.3) is 0 Å². The van der Waals surface area contributed by atoms with Gasteiger partial charge in [-0.25, -0.2) is 0 Å². The summed E-state index contributed by atoms with van der Waals surface area (Å²) in [4.78, 5) is 0. The molecule has 0 aromatic heterocycles. The fourth-order valence-electron chi connectivity index (χ4n) is 0.574. The van der Waals surface area contributed by atoms with Gasteiger partial charge in [-0.3, -0.25) is 0 Å². The first-order chi connectivity index (χ1) is 5.08. The van der Waals surface area contributed by atoms with Crippen LogP contribution in [0.3, 0.4) is 0 Å². The van der Waals surface area contributed by atoms with Gasteiger partial charge >= 0.3 is 29.4 Å². The average molecular weight is 187 g/mol. The second kappa shape index (κ2) is 4.56. The van der Waals surface area contributed by atoms with Gasteiger partial charge in [-0.15, -0.1) is 13.2 Å². The van der Waals surface area contributed by atoms with Crippen LogP contribution >= 0.6 is 0 Å². The molecule has 0 atom stereocenters. The molecule has 0 aliphatic carbocycles. The second-order valence-electron chi connectivity index (χ2n) is 1.79. The van der Waals surface area contributed by atoms with Gasteiger partial charge in [0.1, 0.15) is 5.75 Å². The van der Waals surface area contributed by atoms with Gasteiger partial charge < -0.3 is 4.74 Å². The first-order valence-corrected chi connectivity index (χ1v) is 2.80. The summed E-state index contributed by atoms with van der Waals surface area (Å²) >= 11 is 0. The zero-order chi connectivity index (χ0) is 8.32. The van der Waals surface area contributed by atoms with Crippen molar-refractivity contribution in [2.75, 3.05) is 0 Å². The Morgan fingerprint density at radius 1 is 1.33 bits per heavy atom. The highest BCUT2D eigenvalue weighted by Crippen LogP contribution is 2.21. The van der Waals surface area contributed by atoms with Crippen LogP contribution in [0.15, 0.2) is 24.3 Å².